The van der Waals surface area contributed by atoms with Crippen molar-refractivity contribution < 1.29 is 39.8 Å². The van der Waals surface area contributed by atoms with Gasteiger partial charge in [0.05, 0.1) is 17.6 Å². The van der Waals surface area contributed by atoms with Gasteiger partial charge in [-0.25, -0.2) is 13.1 Å². The number of hydrogen-bond donors (Lipinski definition) is 1. The van der Waals surface area contributed by atoms with Crippen molar-refractivity contribution in [3.8, 4) is 11.5 Å². The summed E-state index contributed by atoms with van der Waals surface area (Å²) in [5.74, 6) is -0.135. The molecule has 0 aliphatic rings. The first-order chi connectivity index (χ1) is 13.0. The standard InChI is InChI=1S/C17H16F5NO4S/c1-26-15-9-11(5-6-14(15)27-16(18)19)7-8-23-28(24,25)13-4-2-3-12(10-13)17(20,21)22/h2-6,9-10,16,23H,7-8H2,1H3. The van der Waals surface area contributed by atoms with E-state index >= 15 is 0 Å². The molecular formula is C17H16F5NO4S. The predicted molar refractivity (Wildman–Crippen MR) is 90.0 cm³/mol. The van der Waals surface area contributed by atoms with Gasteiger partial charge in [-0.05, 0) is 42.3 Å². The lowest BCUT2D eigenvalue weighted by atomic mass is 10.1. The smallest absolute Gasteiger partial charge is 0.416 e. The topological polar surface area (TPSA) is 64.6 Å². The number of rotatable bonds is 8. The molecule has 2 aromatic rings. The Kier molecular flexibility index (Phi) is 6.83. The third kappa shape index (κ3) is 5.80. The van der Waals surface area contributed by atoms with E-state index in [1.54, 1.807) is 0 Å². The fourth-order valence-corrected chi connectivity index (χ4v) is 3.39. The first-order valence-electron chi connectivity index (χ1n) is 7.81. The molecule has 28 heavy (non-hydrogen) atoms. The van der Waals surface area contributed by atoms with Crippen LogP contribution in [-0.2, 0) is 22.6 Å². The number of nitrogens with one attached hydrogen (secondary N) is 1. The van der Waals surface area contributed by atoms with Gasteiger partial charge >= 0.3 is 12.8 Å². The molecule has 0 fully saturated rings. The van der Waals surface area contributed by atoms with Crippen molar-refractivity contribution in [1.29, 1.82) is 0 Å². The van der Waals surface area contributed by atoms with E-state index < -0.39 is 33.3 Å². The van der Waals surface area contributed by atoms with Crippen molar-refractivity contribution in [2.75, 3.05) is 13.7 Å². The number of sulfonamides is 1. The van der Waals surface area contributed by atoms with Crippen LogP contribution in [0.25, 0.3) is 0 Å². The minimum absolute atomic E-state index is 0.0403. The molecule has 0 amide bonds. The van der Waals surface area contributed by atoms with Gasteiger partial charge in [0.2, 0.25) is 10.0 Å². The second kappa shape index (κ2) is 8.74. The number of ether oxygens (including phenoxy) is 2. The van der Waals surface area contributed by atoms with Gasteiger partial charge in [0.25, 0.3) is 0 Å². The number of benzene rings is 2. The van der Waals surface area contributed by atoms with E-state index in [2.05, 4.69) is 9.46 Å². The molecule has 5 nitrogen and oxygen atoms in total. The Morgan fingerprint density at radius 1 is 1.07 bits per heavy atom. The number of hydrogen-bond acceptors (Lipinski definition) is 4. The van der Waals surface area contributed by atoms with Gasteiger partial charge in [0.1, 0.15) is 0 Å². The maximum absolute atomic E-state index is 12.7. The minimum Gasteiger partial charge on any atom is -0.493 e. The summed E-state index contributed by atoms with van der Waals surface area (Å²) >= 11 is 0. The fraction of sp³-hybridized carbons (Fsp3) is 0.294. The summed E-state index contributed by atoms with van der Waals surface area (Å²) in [7, 11) is -2.90. The van der Waals surface area contributed by atoms with Crippen LogP contribution in [0.4, 0.5) is 22.0 Å². The quantitative estimate of drug-likeness (QED) is 0.653. The van der Waals surface area contributed by atoms with Crippen LogP contribution in [0, 0.1) is 0 Å². The molecule has 154 valence electrons. The highest BCUT2D eigenvalue weighted by Gasteiger charge is 2.31. The van der Waals surface area contributed by atoms with E-state index in [1.807, 2.05) is 0 Å². The second-order valence-electron chi connectivity index (χ2n) is 5.54. The predicted octanol–water partition coefficient (Wildman–Crippen LogP) is 3.84. The van der Waals surface area contributed by atoms with Crippen molar-refractivity contribution in [3.63, 3.8) is 0 Å². The van der Waals surface area contributed by atoms with Gasteiger partial charge in [0.15, 0.2) is 11.5 Å². The lowest BCUT2D eigenvalue weighted by Crippen LogP contribution is -2.26. The van der Waals surface area contributed by atoms with Crippen LogP contribution in [0.15, 0.2) is 47.4 Å². The molecule has 0 spiro atoms. The molecule has 0 unspecified atom stereocenters. The highest BCUT2D eigenvalue weighted by Crippen LogP contribution is 2.31. The zero-order valence-corrected chi connectivity index (χ0v) is 15.3. The summed E-state index contributed by atoms with van der Waals surface area (Å²) in [5, 5.41) is 0. The van der Waals surface area contributed by atoms with Gasteiger partial charge in [-0.15, -0.1) is 0 Å². The first-order valence-corrected chi connectivity index (χ1v) is 9.30. The Morgan fingerprint density at radius 3 is 2.39 bits per heavy atom. The molecule has 0 radical (unpaired) electrons. The van der Waals surface area contributed by atoms with Crippen molar-refractivity contribution >= 4 is 10.0 Å². The van der Waals surface area contributed by atoms with Gasteiger partial charge in [0, 0.05) is 6.54 Å². The molecule has 0 bridgehead atoms. The van der Waals surface area contributed by atoms with Crippen LogP contribution in [0.5, 0.6) is 11.5 Å². The average molecular weight is 425 g/mol. The maximum atomic E-state index is 12.7. The van der Waals surface area contributed by atoms with Gasteiger partial charge in [-0.2, -0.15) is 22.0 Å². The summed E-state index contributed by atoms with van der Waals surface area (Å²) in [5.41, 5.74) is -0.528. The molecule has 0 saturated carbocycles. The van der Waals surface area contributed by atoms with Crippen LogP contribution in [-0.4, -0.2) is 28.7 Å². The van der Waals surface area contributed by atoms with E-state index in [9.17, 15) is 30.4 Å². The van der Waals surface area contributed by atoms with Gasteiger partial charge < -0.3 is 9.47 Å². The third-order valence-corrected chi connectivity index (χ3v) is 5.08. The molecular weight excluding hydrogens is 409 g/mol. The van der Waals surface area contributed by atoms with Crippen LogP contribution < -0.4 is 14.2 Å². The van der Waals surface area contributed by atoms with Crippen molar-refractivity contribution in [1.82, 2.24) is 4.72 Å². The summed E-state index contributed by atoms with van der Waals surface area (Å²) in [4.78, 5) is -0.513. The van der Waals surface area contributed by atoms with E-state index in [0.29, 0.717) is 11.6 Å². The van der Waals surface area contributed by atoms with E-state index in [-0.39, 0.29) is 24.5 Å². The molecule has 1 N–H and O–H groups in total. The summed E-state index contributed by atoms with van der Waals surface area (Å²) in [6, 6.07) is 7.47. The highest BCUT2D eigenvalue weighted by atomic mass is 32.2. The van der Waals surface area contributed by atoms with Crippen LogP contribution >= 0.6 is 0 Å². The molecule has 11 heteroatoms. The molecule has 0 atom stereocenters. The Balaban J connectivity index is 2.06. The van der Waals surface area contributed by atoms with E-state index in [1.165, 1.54) is 25.3 Å². The Hall–Kier alpha value is -2.40. The van der Waals surface area contributed by atoms with Gasteiger partial charge in [-0.1, -0.05) is 12.1 Å². The zero-order valence-electron chi connectivity index (χ0n) is 14.5. The summed E-state index contributed by atoms with van der Waals surface area (Å²) < 4.78 is 98.6. The summed E-state index contributed by atoms with van der Waals surface area (Å²) in [6.45, 7) is -3.16. The van der Waals surface area contributed by atoms with Crippen molar-refractivity contribution in [3.05, 3.63) is 53.6 Å². The van der Waals surface area contributed by atoms with E-state index in [4.69, 9.17) is 4.74 Å². The Morgan fingerprint density at radius 2 is 1.79 bits per heavy atom. The zero-order chi connectivity index (χ0) is 20.9. The molecule has 0 saturated heterocycles. The van der Waals surface area contributed by atoms with Crippen LogP contribution in [0.1, 0.15) is 11.1 Å². The molecule has 2 rings (SSSR count). The monoisotopic (exact) mass is 425 g/mol. The first kappa shape index (κ1) is 21.9. The lowest BCUT2D eigenvalue weighted by Gasteiger charge is -2.12. The number of methoxy groups -OCH3 is 1. The summed E-state index contributed by atoms with van der Waals surface area (Å²) in [6.07, 6.45) is -4.52. The van der Waals surface area contributed by atoms with Crippen LogP contribution in [0.3, 0.4) is 0 Å². The largest absolute Gasteiger partial charge is 0.493 e. The minimum atomic E-state index is -4.66. The number of alkyl halides is 5. The van der Waals surface area contributed by atoms with Crippen molar-refractivity contribution in [2.24, 2.45) is 0 Å². The molecule has 0 aliphatic carbocycles. The Labute approximate surface area is 158 Å². The Bertz CT molecular complexity index is 916. The third-order valence-electron chi connectivity index (χ3n) is 3.62. The van der Waals surface area contributed by atoms with Crippen LogP contribution in [0.2, 0.25) is 0 Å². The highest BCUT2D eigenvalue weighted by molar-refractivity contribution is 7.89. The molecule has 2 aromatic carbocycles. The normalized spacial score (nSPS) is 12.2. The molecule has 0 aromatic heterocycles. The van der Waals surface area contributed by atoms with Crippen molar-refractivity contribution in [2.45, 2.75) is 24.1 Å². The lowest BCUT2D eigenvalue weighted by molar-refractivity contribution is -0.137. The SMILES string of the molecule is COc1cc(CCNS(=O)(=O)c2cccc(C(F)(F)F)c2)ccc1OC(F)F. The maximum Gasteiger partial charge on any atom is 0.416 e. The van der Waals surface area contributed by atoms with Gasteiger partial charge in [-0.3, -0.25) is 0 Å². The average Bonchev–Trinajstić information content (AvgIpc) is 2.61. The number of halogens is 5. The molecule has 0 heterocycles. The fourth-order valence-electron chi connectivity index (χ4n) is 2.31. The van der Waals surface area contributed by atoms with E-state index in [0.717, 1.165) is 18.2 Å². The second-order valence-corrected chi connectivity index (χ2v) is 7.30. The molecule has 0 aliphatic heterocycles.